The maximum absolute atomic E-state index is 13.6. The Morgan fingerprint density at radius 2 is 2.09 bits per heavy atom. The highest BCUT2D eigenvalue weighted by Crippen LogP contribution is 2.10. The van der Waals surface area contributed by atoms with Gasteiger partial charge in [-0.25, -0.2) is 4.39 Å². The summed E-state index contributed by atoms with van der Waals surface area (Å²) in [4.78, 5) is 11.9. The van der Waals surface area contributed by atoms with Gasteiger partial charge < -0.3 is 5.32 Å². The Morgan fingerprint density at radius 3 is 2.83 bits per heavy atom. The number of amides is 1. The van der Waals surface area contributed by atoms with E-state index < -0.39 is 0 Å². The van der Waals surface area contributed by atoms with Gasteiger partial charge in [0.25, 0.3) is 0 Å². The zero-order chi connectivity index (χ0) is 16.2. The predicted molar refractivity (Wildman–Crippen MR) is 86.3 cm³/mol. The minimum Gasteiger partial charge on any atom is -0.308 e. The molecule has 0 radical (unpaired) electrons. The zero-order valence-electron chi connectivity index (χ0n) is 12.0. The van der Waals surface area contributed by atoms with Crippen molar-refractivity contribution in [2.45, 2.75) is 13.1 Å². The van der Waals surface area contributed by atoms with Gasteiger partial charge in [0.05, 0.1) is 17.2 Å². The van der Waals surface area contributed by atoms with E-state index >= 15 is 0 Å². The number of rotatable bonds is 5. The second kappa shape index (κ2) is 6.74. The lowest BCUT2D eigenvalue weighted by molar-refractivity contribution is -0.116. The first-order chi connectivity index (χ1) is 11.1. The topological polar surface area (TPSA) is 64.7 Å². The molecule has 3 rings (SSSR count). The summed E-state index contributed by atoms with van der Waals surface area (Å²) >= 11 is 3.27. The second-order valence-corrected chi connectivity index (χ2v) is 5.81. The van der Waals surface area contributed by atoms with Crippen molar-refractivity contribution < 1.29 is 9.18 Å². The highest BCUT2D eigenvalue weighted by atomic mass is 79.9. The smallest absolute Gasteiger partial charge is 0.247 e. The van der Waals surface area contributed by atoms with Crippen LogP contribution in [0.4, 0.5) is 10.2 Å². The highest BCUT2D eigenvalue weighted by molar-refractivity contribution is 9.10. The van der Waals surface area contributed by atoms with Crippen LogP contribution < -0.4 is 5.32 Å². The van der Waals surface area contributed by atoms with E-state index in [0.717, 1.165) is 4.47 Å². The average molecular weight is 378 g/mol. The summed E-state index contributed by atoms with van der Waals surface area (Å²) in [6.45, 7) is 0.389. The van der Waals surface area contributed by atoms with Crippen LogP contribution in [0.15, 0.2) is 53.4 Å². The minimum atomic E-state index is -0.280. The van der Waals surface area contributed by atoms with Crippen LogP contribution in [0.1, 0.15) is 5.56 Å². The largest absolute Gasteiger partial charge is 0.308 e. The Balaban J connectivity index is 1.61. The van der Waals surface area contributed by atoms with E-state index in [1.165, 1.54) is 10.7 Å². The van der Waals surface area contributed by atoms with Gasteiger partial charge in [-0.1, -0.05) is 18.2 Å². The number of benzene rings is 1. The molecule has 0 aliphatic carbocycles. The van der Waals surface area contributed by atoms with E-state index in [4.69, 9.17) is 0 Å². The molecule has 2 aromatic heterocycles. The molecule has 0 bridgehead atoms. The Bertz CT molecular complexity index is 829. The molecule has 8 heteroatoms. The number of hydrogen-bond donors (Lipinski definition) is 1. The molecule has 1 N–H and O–H groups in total. The Kier molecular flexibility index (Phi) is 4.52. The van der Waals surface area contributed by atoms with Crippen molar-refractivity contribution in [3.05, 3.63) is 64.8 Å². The van der Waals surface area contributed by atoms with E-state index in [1.807, 2.05) is 0 Å². The maximum atomic E-state index is 13.6. The summed E-state index contributed by atoms with van der Waals surface area (Å²) in [5.41, 5.74) is 0.537. The van der Waals surface area contributed by atoms with Gasteiger partial charge in [0.2, 0.25) is 5.91 Å². The average Bonchev–Trinajstić information content (AvgIpc) is 3.11. The van der Waals surface area contributed by atoms with Crippen LogP contribution in [-0.2, 0) is 17.9 Å². The van der Waals surface area contributed by atoms with Gasteiger partial charge in [0.1, 0.15) is 12.4 Å². The summed E-state index contributed by atoms with van der Waals surface area (Å²) in [7, 11) is 0. The van der Waals surface area contributed by atoms with Crippen LogP contribution in [0.25, 0.3) is 0 Å². The van der Waals surface area contributed by atoms with Crippen LogP contribution in [0.3, 0.4) is 0 Å². The summed E-state index contributed by atoms with van der Waals surface area (Å²) in [5.74, 6) is -0.104. The maximum Gasteiger partial charge on any atom is 0.247 e. The predicted octanol–water partition coefficient (Wildman–Crippen LogP) is 2.67. The number of carbonyl (C=O) groups is 1. The van der Waals surface area contributed by atoms with E-state index in [1.54, 1.807) is 47.5 Å². The summed E-state index contributed by atoms with van der Waals surface area (Å²) in [6, 6.07) is 8.18. The number of nitrogens with one attached hydrogen (secondary N) is 1. The van der Waals surface area contributed by atoms with E-state index in [9.17, 15) is 9.18 Å². The molecular weight excluding hydrogens is 365 g/mol. The quantitative estimate of drug-likeness (QED) is 0.743. The van der Waals surface area contributed by atoms with Crippen molar-refractivity contribution in [3.8, 4) is 0 Å². The SMILES string of the molecule is O=C(Cn1cc(Br)cn1)Nc1ccn(Cc2ccccc2F)n1. The van der Waals surface area contributed by atoms with Crippen molar-refractivity contribution in [1.29, 1.82) is 0 Å². The fraction of sp³-hybridized carbons (Fsp3) is 0.133. The third-order valence-electron chi connectivity index (χ3n) is 3.11. The van der Waals surface area contributed by atoms with Gasteiger partial charge in [0, 0.05) is 24.0 Å². The molecule has 0 saturated heterocycles. The molecule has 2 heterocycles. The van der Waals surface area contributed by atoms with Crippen LogP contribution in [0.5, 0.6) is 0 Å². The molecular formula is C15H13BrFN5O. The molecule has 0 spiro atoms. The number of nitrogens with zero attached hydrogens (tertiary/aromatic N) is 4. The standard InChI is InChI=1S/C15H13BrFN5O/c16-12-7-18-22(9-12)10-15(23)19-14-5-6-21(20-14)8-11-3-1-2-4-13(11)17/h1-7,9H,8,10H2,(H,19,20,23). The minimum absolute atomic E-state index is 0.0891. The van der Waals surface area contributed by atoms with Gasteiger partial charge in [-0.3, -0.25) is 14.2 Å². The number of carbonyl (C=O) groups excluding carboxylic acids is 1. The van der Waals surface area contributed by atoms with Crippen molar-refractivity contribution in [1.82, 2.24) is 19.6 Å². The van der Waals surface area contributed by atoms with Crippen LogP contribution in [0.2, 0.25) is 0 Å². The third-order valence-corrected chi connectivity index (χ3v) is 3.52. The molecule has 0 unspecified atom stereocenters. The first kappa shape index (κ1) is 15.4. The monoisotopic (exact) mass is 377 g/mol. The summed E-state index contributed by atoms with van der Waals surface area (Å²) in [5, 5.41) is 10.9. The Labute approximate surface area is 140 Å². The van der Waals surface area contributed by atoms with E-state index in [0.29, 0.717) is 17.9 Å². The fourth-order valence-corrected chi connectivity index (χ4v) is 2.40. The highest BCUT2D eigenvalue weighted by Gasteiger charge is 2.08. The second-order valence-electron chi connectivity index (χ2n) is 4.89. The molecule has 0 fully saturated rings. The molecule has 0 aliphatic rings. The normalized spacial score (nSPS) is 10.7. The van der Waals surface area contributed by atoms with Gasteiger partial charge in [0.15, 0.2) is 5.82 Å². The van der Waals surface area contributed by atoms with Crippen LogP contribution >= 0.6 is 15.9 Å². The Morgan fingerprint density at radius 1 is 1.26 bits per heavy atom. The molecule has 3 aromatic rings. The molecule has 118 valence electrons. The van der Waals surface area contributed by atoms with Gasteiger partial charge in [-0.05, 0) is 22.0 Å². The molecule has 0 saturated carbocycles. The molecule has 6 nitrogen and oxygen atoms in total. The number of aromatic nitrogens is 4. The molecule has 0 atom stereocenters. The number of halogens is 2. The van der Waals surface area contributed by atoms with Gasteiger partial charge in [-0.2, -0.15) is 10.2 Å². The molecule has 23 heavy (non-hydrogen) atoms. The third kappa shape index (κ3) is 4.04. The summed E-state index contributed by atoms with van der Waals surface area (Å²) in [6.07, 6.45) is 5.00. The van der Waals surface area contributed by atoms with Gasteiger partial charge in [-0.15, -0.1) is 0 Å². The van der Waals surface area contributed by atoms with E-state index in [2.05, 4.69) is 31.4 Å². The first-order valence-corrected chi connectivity index (χ1v) is 7.64. The van der Waals surface area contributed by atoms with Crippen LogP contribution in [0, 0.1) is 5.82 Å². The van der Waals surface area contributed by atoms with Crippen molar-refractivity contribution in [2.75, 3.05) is 5.32 Å². The number of anilines is 1. The fourth-order valence-electron chi connectivity index (χ4n) is 2.07. The lowest BCUT2D eigenvalue weighted by Crippen LogP contribution is -2.19. The molecule has 1 amide bonds. The Hall–Kier alpha value is -2.48. The zero-order valence-corrected chi connectivity index (χ0v) is 13.6. The van der Waals surface area contributed by atoms with Crippen LogP contribution in [-0.4, -0.2) is 25.5 Å². The molecule has 0 aliphatic heterocycles. The number of hydrogen-bond acceptors (Lipinski definition) is 3. The first-order valence-electron chi connectivity index (χ1n) is 6.85. The van der Waals surface area contributed by atoms with Crippen molar-refractivity contribution in [2.24, 2.45) is 0 Å². The summed E-state index contributed by atoms with van der Waals surface area (Å²) < 4.78 is 17.5. The molecule has 1 aromatic carbocycles. The van der Waals surface area contributed by atoms with E-state index in [-0.39, 0.29) is 18.3 Å². The van der Waals surface area contributed by atoms with Crippen molar-refractivity contribution in [3.63, 3.8) is 0 Å². The lowest BCUT2D eigenvalue weighted by atomic mass is 10.2. The lowest BCUT2D eigenvalue weighted by Gasteiger charge is -2.04. The van der Waals surface area contributed by atoms with Gasteiger partial charge >= 0.3 is 0 Å². The van der Waals surface area contributed by atoms with Crippen molar-refractivity contribution >= 4 is 27.7 Å².